The highest BCUT2D eigenvalue weighted by atomic mass is 35.5. The normalized spacial score (nSPS) is 13.2. The van der Waals surface area contributed by atoms with Crippen LogP contribution in [0.25, 0.3) is 0 Å². The van der Waals surface area contributed by atoms with Crippen LogP contribution < -0.4 is 0 Å². The quantitative estimate of drug-likeness (QED) is 0.681. The van der Waals surface area contributed by atoms with Gasteiger partial charge < -0.3 is 0 Å². The summed E-state index contributed by atoms with van der Waals surface area (Å²) in [5.74, 6) is 0. The molecule has 1 unspecified atom stereocenters. The summed E-state index contributed by atoms with van der Waals surface area (Å²) in [6, 6.07) is 0. The number of aromatic nitrogens is 3. The van der Waals surface area contributed by atoms with Gasteiger partial charge in [-0.1, -0.05) is 5.21 Å². The highest BCUT2D eigenvalue weighted by Crippen LogP contribution is 2.15. The van der Waals surface area contributed by atoms with Gasteiger partial charge in [-0.3, -0.25) is 9.07 Å². The first kappa shape index (κ1) is 9.45. The number of rotatable bonds is 4. The van der Waals surface area contributed by atoms with E-state index in [4.69, 9.17) is 11.6 Å². The van der Waals surface area contributed by atoms with Crippen LogP contribution in [0.4, 0.5) is 4.39 Å². The lowest BCUT2D eigenvalue weighted by molar-refractivity contribution is 0.431. The average molecular weight is 192 g/mol. The molecule has 0 radical (unpaired) electrons. The Bertz CT molecular complexity index is 236. The Balaban J connectivity index is 2.52. The molecular formula is C7H11ClFN3. The molecule has 1 aromatic heterocycles. The molecule has 0 fully saturated rings. The van der Waals surface area contributed by atoms with Gasteiger partial charge in [0.1, 0.15) is 5.69 Å². The van der Waals surface area contributed by atoms with E-state index in [0.717, 1.165) is 5.69 Å². The number of hydrogen-bond acceptors (Lipinski definition) is 2. The lowest BCUT2D eigenvalue weighted by atomic mass is 10.4. The van der Waals surface area contributed by atoms with Gasteiger partial charge in [-0.15, -0.1) is 16.7 Å². The Morgan fingerprint density at radius 2 is 2.50 bits per heavy atom. The summed E-state index contributed by atoms with van der Waals surface area (Å²) < 4.78 is 13.4. The van der Waals surface area contributed by atoms with E-state index in [1.807, 2.05) is 6.92 Å². The zero-order chi connectivity index (χ0) is 8.97. The average Bonchev–Trinajstić information content (AvgIpc) is 2.48. The van der Waals surface area contributed by atoms with Gasteiger partial charge in [-0.25, -0.2) is 0 Å². The van der Waals surface area contributed by atoms with Gasteiger partial charge in [0.2, 0.25) is 0 Å². The number of nitrogens with zero attached hydrogens (tertiary/aromatic N) is 3. The van der Waals surface area contributed by atoms with E-state index in [1.165, 1.54) is 0 Å². The maximum atomic E-state index is 11.8. The van der Waals surface area contributed by atoms with Crippen molar-refractivity contribution in [3.8, 4) is 0 Å². The zero-order valence-corrected chi connectivity index (χ0v) is 7.63. The summed E-state index contributed by atoms with van der Waals surface area (Å²) in [4.78, 5) is 0. The molecule has 0 amide bonds. The lowest BCUT2D eigenvalue weighted by Gasteiger charge is -1.95. The topological polar surface area (TPSA) is 30.7 Å². The fraction of sp³-hybridized carbons (Fsp3) is 0.714. The first-order chi connectivity index (χ1) is 5.74. The predicted octanol–water partition coefficient (Wildman–Crippen LogP) is 1.94. The van der Waals surface area contributed by atoms with Crippen LogP contribution in [0.3, 0.4) is 0 Å². The number of halogens is 2. The van der Waals surface area contributed by atoms with Gasteiger partial charge in [0.15, 0.2) is 0 Å². The Morgan fingerprint density at radius 3 is 3.00 bits per heavy atom. The van der Waals surface area contributed by atoms with Crippen molar-refractivity contribution in [1.29, 1.82) is 0 Å². The molecule has 0 aliphatic carbocycles. The lowest BCUT2D eigenvalue weighted by Crippen LogP contribution is -1.99. The summed E-state index contributed by atoms with van der Waals surface area (Å²) >= 11 is 5.76. The number of hydrogen-bond donors (Lipinski definition) is 0. The monoisotopic (exact) mass is 191 g/mol. The van der Waals surface area contributed by atoms with Crippen molar-refractivity contribution in [2.45, 2.75) is 25.3 Å². The van der Waals surface area contributed by atoms with Gasteiger partial charge in [-0.2, -0.15) is 0 Å². The summed E-state index contributed by atoms with van der Waals surface area (Å²) in [6.07, 6.45) is 2.22. The minimum atomic E-state index is -0.328. The molecule has 0 aromatic carbocycles. The molecule has 0 saturated carbocycles. The van der Waals surface area contributed by atoms with Gasteiger partial charge in [0, 0.05) is 12.7 Å². The van der Waals surface area contributed by atoms with Crippen molar-refractivity contribution < 1.29 is 4.39 Å². The van der Waals surface area contributed by atoms with Crippen molar-refractivity contribution >= 4 is 11.6 Å². The second kappa shape index (κ2) is 4.40. The fourth-order valence-corrected chi connectivity index (χ4v) is 0.927. The highest BCUT2D eigenvalue weighted by Gasteiger charge is 2.05. The Morgan fingerprint density at radius 1 is 1.75 bits per heavy atom. The molecule has 5 heteroatoms. The van der Waals surface area contributed by atoms with E-state index >= 15 is 0 Å². The maximum absolute atomic E-state index is 11.8. The number of alkyl halides is 2. The van der Waals surface area contributed by atoms with Crippen LogP contribution >= 0.6 is 11.6 Å². The molecule has 12 heavy (non-hydrogen) atoms. The molecule has 0 N–H and O–H groups in total. The minimum Gasteiger partial charge on any atom is -0.252 e. The van der Waals surface area contributed by atoms with Crippen LogP contribution in [0.5, 0.6) is 0 Å². The first-order valence-corrected chi connectivity index (χ1v) is 4.27. The molecule has 0 aliphatic heterocycles. The third-order valence-electron chi connectivity index (χ3n) is 1.48. The smallest absolute Gasteiger partial charge is 0.100 e. The van der Waals surface area contributed by atoms with Crippen molar-refractivity contribution in [3.63, 3.8) is 0 Å². The molecular weight excluding hydrogens is 181 g/mol. The van der Waals surface area contributed by atoms with Crippen LogP contribution in [0, 0.1) is 0 Å². The Kier molecular flexibility index (Phi) is 3.47. The summed E-state index contributed by atoms with van der Waals surface area (Å²) in [5.41, 5.74) is 0.732. The number of aryl methyl sites for hydroxylation is 1. The van der Waals surface area contributed by atoms with Gasteiger partial charge in [0.05, 0.1) is 12.1 Å². The molecule has 0 saturated heterocycles. The largest absolute Gasteiger partial charge is 0.252 e. The summed E-state index contributed by atoms with van der Waals surface area (Å²) in [7, 11) is 0. The van der Waals surface area contributed by atoms with E-state index in [9.17, 15) is 4.39 Å². The third-order valence-corrected chi connectivity index (χ3v) is 1.71. The minimum absolute atomic E-state index is 0.135. The Hall–Kier alpha value is -0.640. The SMILES string of the molecule is CC(Cl)c1cn(CCCF)nn1. The molecule has 1 atom stereocenters. The highest BCUT2D eigenvalue weighted by molar-refractivity contribution is 6.20. The molecule has 1 aromatic rings. The molecule has 1 heterocycles. The van der Waals surface area contributed by atoms with E-state index in [1.54, 1.807) is 10.9 Å². The van der Waals surface area contributed by atoms with Crippen molar-refractivity contribution in [2.75, 3.05) is 6.67 Å². The summed E-state index contributed by atoms with van der Waals surface area (Å²) in [6.45, 7) is 2.06. The van der Waals surface area contributed by atoms with Crippen LogP contribution in [-0.4, -0.2) is 21.7 Å². The molecule has 0 aliphatic rings. The van der Waals surface area contributed by atoms with Crippen molar-refractivity contribution in [2.24, 2.45) is 0 Å². The third kappa shape index (κ3) is 2.44. The van der Waals surface area contributed by atoms with Gasteiger partial charge in [-0.05, 0) is 13.3 Å². The molecule has 0 bridgehead atoms. The zero-order valence-electron chi connectivity index (χ0n) is 6.87. The molecule has 3 nitrogen and oxygen atoms in total. The fourth-order valence-electron chi connectivity index (χ4n) is 0.827. The van der Waals surface area contributed by atoms with E-state index < -0.39 is 0 Å². The van der Waals surface area contributed by atoms with Gasteiger partial charge in [0.25, 0.3) is 0 Å². The standard InChI is InChI=1S/C7H11ClFN3/c1-6(8)7-5-12(11-10-7)4-2-3-9/h5-6H,2-4H2,1H3. The predicted molar refractivity (Wildman–Crippen MR) is 44.9 cm³/mol. The van der Waals surface area contributed by atoms with Crippen LogP contribution in [0.1, 0.15) is 24.4 Å². The Labute approximate surface area is 75.5 Å². The summed E-state index contributed by atoms with van der Waals surface area (Å²) in [5, 5.41) is 7.48. The molecule has 1 rings (SSSR count). The second-order valence-corrected chi connectivity index (χ2v) is 3.22. The maximum Gasteiger partial charge on any atom is 0.100 e. The van der Waals surface area contributed by atoms with Crippen LogP contribution in [0.2, 0.25) is 0 Å². The van der Waals surface area contributed by atoms with Crippen molar-refractivity contribution in [3.05, 3.63) is 11.9 Å². The first-order valence-electron chi connectivity index (χ1n) is 3.84. The van der Waals surface area contributed by atoms with Crippen LogP contribution in [-0.2, 0) is 6.54 Å². The molecule has 0 spiro atoms. The second-order valence-electron chi connectivity index (χ2n) is 2.57. The molecule has 68 valence electrons. The van der Waals surface area contributed by atoms with E-state index in [-0.39, 0.29) is 12.1 Å². The van der Waals surface area contributed by atoms with E-state index in [2.05, 4.69) is 10.3 Å². The van der Waals surface area contributed by atoms with Crippen LogP contribution in [0.15, 0.2) is 6.20 Å². The van der Waals surface area contributed by atoms with Crippen molar-refractivity contribution in [1.82, 2.24) is 15.0 Å². The van der Waals surface area contributed by atoms with Gasteiger partial charge >= 0.3 is 0 Å². The van der Waals surface area contributed by atoms with E-state index in [0.29, 0.717) is 13.0 Å².